The molecule has 0 aliphatic heterocycles. The van der Waals surface area contributed by atoms with Crippen LogP contribution < -0.4 is 10.5 Å². The van der Waals surface area contributed by atoms with Gasteiger partial charge in [0.2, 0.25) is 5.95 Å². The van der Waals surface area contributed by atoms with Gasteiger partial charge in [0.15, 0.2) is 5.69 Å². The Morgan fingerprint density at radius 3 is 2.28 bits per heavy atom. The first kappa shape index (κ1) is 24.7. The molecule has 36 heavy (non-hydrogen) atoms. The molecule has 0 spiro atoms. The highest BCUT2D eigenvalue weighted by molar-refractivity contribution is 6.30. The number of benzene rings is 3. The maximum absolute atomic E-state index is 13.9. The largest absolute Gasteiger partial charge is 0.507 e. The first-order valence-corrected chi connectivity index (χ1v) is 10.6. The van der Waals surface area contributed by atoms with Crippen molar-refractivity contribution in [3.8, 4) is 33.9 Å². The maximum Gasteiger partial charge on any atom is 0.434 e. The number of alkyl halides is 3. The van der Waals surface area contributed by atoms with E-state index in [9.17, 15) is 28.4 Å². The van der Waals surface area contributed by atoms with Crippen LogP contribution in [0.2, 0.25) is 5.02 Å². The van der Waals surface area contributed by atoms with Crippen LogP contribution in [-0.4, -0.2) is 20.0 Å². The number of hydrogen-bond acceptors (Lipinski definition) is 7. The van der Waals surface area contributed by atoms with Crippen molar-refractivity contribution >= 4 is 23.2 Å². The Bertz CT molecular complexity index is 1430. The van der Waals surface area contributed by atoms with Crippen molar-refractivity contribution in [3.63, 3.8) is 0 Å². The summed E-state index contributed by atoms with van der Waals surface area (Å²) in [4.78, 5) is 17.7. The zero-order chi connectivity index (χ0) is 26.0. The highest BCUT2D eigenvalue weighted by atomic mass is 35.5. The number of phenolic OH excluding ortho intramolecular Hbond substituents is 1. The normalized spacial score (nSPS) is 11.3. The number of aromatic nitrogens is 2. The third-order valence-corrected chi connectivity index (χ3v) is 5.36. The van der Waals surface area contributed by atoms with E-state index in [1.54, 1.807) is 0 Å². The number of nitrogen functional groups attached to an aromatic ring is 1. The van der Waals surface area contributed by atoms with Gasteiger partial charge in [-0.15, -0.1) is 0 Å². The first-order chi connectivity index (χ1) is 17.0. The van der Waals surface area contributed by atoms with Crippen molar-refractivity contribution < 1.29 is 27.9 Å². The predicted molar refractivity (Wildman–Crippen MR) is 126 cm³/mol. The lowest BCUT2D eigenvalue weighted by Crippen LogP contribution is -2.14. The number of halogens is 4. The minimum absolute atomic E-state index is 0.0257. The van der Waals surface area contributed by atoms with Crippen LogP contribution in [0.4, 0.5) is 24.8 Å². The van der Waals surface area contributed by atoms with Crippen molar-refractivity contribution in [2.45, 2.75) is 12.8 Å². The van der Waals surface area contributed by atoms with E-state index in [-0.39, 0.29) is 40.4 Å². The van der Waals surface area contributed by atoms with Gasteiger partial charge in [0.1, 0.15) is 18.1 Å². The van der Waals surface area contributed by atoms with Crippen LogP contribution in [0.15, 0.2) is 66.7 Å². The Balaban J connectivity index is 1.71. The minimum Gasteiger partial charge on any atom is -0.507 e. The number of rotatable bonds is 6. The van der Waals surface area contributed by atoms with Crippen molar-refractivity contribution in [3.05, 3.63) is 93.1 Å². The molecule has 0 bridgehead atoms. The molecule has 0 saturated heterocycles. The topological polar surface area (TPSA) is 124 Å². The smallest absolute Gasteiger partial charge is 0.434 e. The molecule has 4 rings (SSSR count). The number of nitrogens with zero attached hydrogens (tertiary/aromatic N) is 3. The van der Waals surface area contributed by atoms with Gasteiger partial charge in [-0.05, 0) is 47.5 Å². The molecule has 3 N–H and O–H groups in total. The third-order valence-electron chi connectivity index (χ3n) is 5.10. The Morgan fingerprint density at radius 2 is 1.69 bits per heavy atom. The SMILES string of the molecule is Nc1nc(-c2ccc(OCc3ccc([N+](=O)[O-])cc3)cc2O)c(-c2ccc(Cl)cc2)c(C(F)(F)F)n1. The van der Waals surface area contributed by atoms with E-state index >= 15 is 0 Å². The van der Waals surface area contributed by atoms with E-state index in [1.165, 1.54) is 66.7 Å². The van der Waals surface area contributed by atoms with Gasteiger partial charge in [-0.1, -0.05) is 23.7 Å². The van der Waals surface area contributed by atoms with Crippen LogP contribution in [-0.2, 0) is 12.8 Å². The molecule has 0 aliphatic carbocycles. The number of aromatic hydroxyl groups is 1. The number of anilines is 1. The summed E-state index contributed by atoms with van der Waals surface area (Å²) in [5.74, 6) is -0.814. The van der Waals surface area contributed by atoms with Gasteiger partial charge in [-0.25, -0.2) is 9.97 Å². The van der Waals surface area contributed by atoms with E-state index < -0.39 is 28.5 Å². The van der Waals surface area contributed by atoms with E-state index in [0.717, 1.165) is 0 Å². The van der Waals surface area contributed by atoms with Gasteiger partial charge >= 0.3 is 6.18 Å². The van der Waals surface area contributed by atoms with Gasteiger partial charge < -0.3 is 15.6 Å². The molecule has 184 valence electrons. The maximum atomic E-state index is 13.9. The number of nitro groups is 1. The monoisotopic (exact) mass is 516 g/mol. The van der Waals surface area contributed by atoms with Gasteiger partial charge in [0.25, 0.3) is 5.69 Å². The lowest BCUT2D eigenvalue weighted by Gasteiger charge is -2.17. The summed E-state index contributed by atoms with van der Waals surface area (Å²) in [6, 6.07) is 15.3. The summed E-state index contributed by atoms with van der Waals surface area (Å²) in [6.45, 7) is 0.0332. The van der Waals surface area contributed by atoms with Crippen LogP contribution in [0, 0.1) is 10.1 Å². The number of hydrogen-bond donors (Lipinski definition) is 2. The molecule has 1 aromatic heterocycles. The standard InChI is InChI=1S/C24H16ClF3N4O4/c25-15-5-3-14(4-6-15)20-21(30-23(29)31-22(20)24(26,27)28)18-10-9-17(11-19(18)33)36-12-13-1-7-16(8-2-13)32(34)35/h1-11,33H,12H2,(H2,29,30,31). The Kier molecular flexibility index (Phi) is 6.67. The number of non-ortho nitro benzene ring substituents is 1. The van der Waals surface area contributed by atoms with E-state index in [4.69, 9.17) is 22.1 Å². The number of ether oxygens (including phenoxy) is 1. The van der Waals surface area contributed by atoms with Crippen molar-refractivity contribution in [1.29, 1.82) is 0 Å². The van der Waals surface area contributed by atoms with Crippen molar-refractivity contribution in [1.82, 2.24) is 9.97 Å². The van der Waals surface area contributed by atoms with Crippen LogP contribution in [0.5, 0.6) is 11.5 Å². The molecule has 8 nitrogen and oxygen atoms in total. The first-order valence-electron chi connectivity index (χ1n) is 10.2. The molecule has 4 aromatic rings. The second-order valence-corrected chi connectivity index (χ2v) is 7.99. The minimum atomic E-state index is -4.86. The summed E-state index contributed by atoms with van der Waals surface area (Å²) >= 11 is 5.89. The van der Waals surface area contributed by atoms with E-state index in [1.807, 2.05) is 0 Å². The Hall–Kier alpha value is -4.38. The fourth-order valence-corrected chi connectivity index (χ4v) is 3.58. The van der Waals surface area contributed by atoms with Gasteiger partial charge in [0.05, 0.1) is 10.6 Å². The Morgan fingerprint density at radius 1 is 1.03 bits per heavy atom. The molecule has 3 aromatic carbocycles. The fourth-order valence-electron chi connectivity index (χ4n) is 3.45. The van der Waals surface area contributed by atoms with Crippen LogP contribution >= 0.6 is 11.6 Å². The second-order valence-electron chi connectivity index (χ2n) is 7.55. The summed E-state index contributed by atoms with van der Waals surface area (Å²) in [6.07, 6.45) is -4.86. The second kappa shape index (κ2) is 9.70. The molecule has 12 heteroatoms. The molecule has 0 radical (unpaired) electrons. The summed E-state index contributed by atoms with van der Waals surface area (Å²) in [5.41, 5.74) is 4.40. The molecule has 0 amide bonds. The zero-order valence-electron chi connectivity index (χ0n) is 18.2. The third kappa shape index (κ3) is 5.31. The van der Waals surface area contributed by atoms with Crippen molar-refractivity contribution in [2.24, 2.45) is 0 Å². The summed E-state index contributed by atoms with van der Waals surface area (Å²) in [5, 5.41) is 21.8. The van der Waals surface area contributed by atoms with Crippen molar-refractivity contribution in [2.75, 3.05) is 5.73 Å². The molecular formula is C24H16ClF3N4O4. The number of nitro benzene ring substituents is 1. The predicted octanol–water partition coefficient (Wildman–Crippen LogP) is 6.26. The lowest BCUT2D eigenvalue weighted by molar-refractivity contribution is -0.384. The zero-order valence-corrected chi connectivity index (χ0v) is 18.9. The summed E-state index contributed by atoms with van der Waals surface area (Å²) < 4.78 is 47.3. The van der Waals surface area contributed by atoms with Crippen LogP contribution in [0.3, 0.4) is 0 Å². The lowest BCUT2D eigenvalue weighted by atomic mass is 9.96. The van der Waals surface area contributed by atoms with Crippen LogP contribution in [0.1, 0.15) is 11.3 Å². The summed E-state index contributed by atoms with van der Waals surface area (Å²) in [7, 11) is 0. The van der Waals surface area contributed by atoms with Gasteiger partial charge in [0, 0.05) is 34.3 Å². The average Bonchev–Trinajstić information content (AvgIpc) is 2.83. The highest BCUT2D eigenvalue weighted by Gasteiger charge is 2.38. The quantitative estimate of drug-likeness (QED) is 0.229. The van der Waals surface area contributed by atoms with E-state index in [2.05, 4.69) is 9.97 Å². The Labute approximate surface area is 206 Å². The van der Waals surface area contributed by atoms with Gasteiger partial charge in [-0.2, -0.15) is 13.2 Å². The number of nitrogens with two attached hydrogens (primary N) is 1. The number of phenols is 1. The fraction of sp³-hybridized carbons (Fsp3) is 0.0833. The molecule has 0 aliphatic rings. The molecule has 1 heterocycles. The molecule has 0 atom stereocenters. The molecule has 0 unspecified atom stereocenters. The molecular weight excluding hydrogens is 501 g/mol. The highest BCUT2D eigenvalue weighted by Crippen LogP contribution is 2.44. The average molecular weight is 517 g/mol. The molecule has 0 fully saturated rings. The van der Waals surface area contributed by atoms with Crippen LogP contribution in [0.25, 0.3) is 22.4 Å². The van der Waals surface area contributed by atoms with E-state index in [0.29, 0.717) is 10.6 Å². The molecule has 0 saturated carbocycles. The van der Waals surface area contributed by atoms with Gasteiger partial charge in [-0.3, -0.25) is 10.1 Å².